The average Bonchev–Trinajstić information content (AvgIpc) is 2.36. The molecule has 106 valence electrons. The highest BCUT2D eigenvalue weighted by Crippen LogP contribution is 2.15. The highest BCUT2D eigenvalue weighted by molar-refractivity contribution is 7.90. The van der Waals surface area contributed by atoms with Gasteiger partial charge < -0.3 is 10.2 Å². The van der Waals surface area contributed by atoms with Crippen LogP contribution in [0.2, 0.25) is 0 Å². The molecule has 0 atom stereocenters. The lowest BCUT2D eigenvalue weighted by Gasteiger charge is -2.27. The largest absolute Gasteiger partial charge is 0.314 e. The van der Waals surface area contributed by atoms with Gasteiger partial charge >= 0.3 is 0 Å². The van der Waals surface area contributed by atoms with Gasteiger partial charge in [-0.15, -0.1) is 0 Å². The molecule has 1 aliphatic heterocycles. The number of rotatable bonds is 4. The molecule has 1 aromatic rings. The third kappa shape index (κ3) is 4.26. The Morgan fingerprint density at radius 2 is 1.95 bits per heavy atom. The molecule has 1 aliphatic rings. The second-order valence-electron chi connectivity index (χ2n) is 4.91. The van der Waals surface area contributed by atoms with Crippen molar-refractivity contribution >= 4 is 9.84 Å². The standard InChI is InChI=1S/C13H19FN2O2S/c1-19(17,18)13-9-11(8-12(14)10-13)2-5-16-6-3-15-4-7-16/h8-10,15H,2-7H2,1H3. The van der Waals surface area contributed by atoms with Crippen molar-refractivity contribution in [1.29, 1.82) is 0 Å². The quantitative estimate of drug-likeness (QED) is 0.884. The maximum absolute atomic E-state index is 13.4. The van der Waals surface area contributed by atoms with E-state index >= 15 is 0 Å². The van der Waals surface area contributed by atoms with Crippen LogP contribution in [-0.4, -0.2) is 52.3 Å². The van der Waals surface area contributed by atoms with E-state index in [2.05, 4.69) is 10.2 Å². The summed E-state index contributed by atoms with van der Waals surface area (Å²) >= 11 is 0. The van der Waals surface area contributed by atoms with E-state index < -0.39 is 15.7 Å². The molecule has 1 saturated heterocycles. The molecule has 0 spiro atoms. The second-order valence-corrected chi connectivity index (χ2v) is 6.92. The fraction of sp³-hybridized carbons (Fsp3) is 0.538. The van der Waals surface area contributed by atoms with E-state index in [1.54, 1.807) is 6.07 Å². The van der Waals surface area contributed by atoms with Crippen molar-refractivity contribution in [3.8, 4) is 0 Å². The molecule has 0 unspecified atom stereocenters. The first-order valence-corrected chi connectivity index (χ1v) is 8.27. The van der Waals surface area contributed by atoms with E-state index in [0.29, 0.717) is 6.42 Å². The molecule has 1 aromatic carbocycles. The van der Waals surface area contributed by atoms with Gasteiger partial charge in [-0.2, -0.15) is 0 Å². The number of sulfone groups is 1. The van der Waals surface area contributed by atoms with Crippen molar-refractivity contribution in [2.45, 2.75) is 11.3 Å². The van der Waals surface area contributed by atoms with Crippen molar-refractivity contribution in [1.82, 2.24) is 10.2 Å². The fourth-order valence-corrected chi connectivity index (χ4v) is 2.89. The summed E-state index contributed by atoms with van der Waals surface area (Å²) in [7, 11) is -3.35. The molecule has 4 nitrogen and oxygen atoms in total. The first kappa shape index (κ1) is 14.4. The first-order chi connectivity index (χ1) is 8.95. The Morgan fingerprint density at radius 3 is 2.58 bits per heavy atom. The Balaban J connectivity index is 2.05. The normalized spacial score (nSPS) is 17.6. The van der Waals surface area contributed by atoms with Crippen LogP contribution in [0.3, 0.4) is 0 Å². The molecule has 0 aromatic heterocycles. The highest BCUT2D eigenvalue weighted by atomic mass is 32.2. The summed E-state index contributed by atoms with van der Waals surface area (Å²) in [6.45, 7) is 4.73. The lowest BCUT2D eigenvalue weighted by atomic mass is 10.1. The zero-order valence-corrected chi connectivity index (χ0v) is 11.8. The van der Waals surface area contributed by atoms with E-state index in [4.69, 9.17) is 0 Å². The van der Waals surface area contributed by atoms with Crippen LogP contribution in [0.1, 0.15) is 5.56 Å². The van der Waals surface area contributed by atoms with Gasteiger partial charge in [0.25, 0.3) is 0 Å². The van der Waals surface area contributed by atoms with Gasteiger partial charge in [-0.25, -0.2) is 12.8 Å². The van der Waals surface area contributed by atoms with Gasteiger partial charge in [0.1, 0.15) is 5.82 Å². The molecule has 2 rings (SSSR count). The van der Waals surface area contributed by atoms with Gasteiger partial charge in [0.15, 0.2) is 9.84 Å². The van der Waals surface area contributed by atoms with Crippen molar-refractivity contribution in [2.24, 2.45) is 0 Å². The van der Waals surface area contributed by atoms with E-state index in [9.17, 15) is 12.8 Å². The molecule has 0 saturated carbocycles. The first-order valence-electron chi connectivity index (χ1n) is 6.38. The third-order valence-electron chi connectivity index (χ3n) is 3.29. The number of benzene rings is 1. The molecule has 0 aliphatic carbocycles. The highest BCUT2D eigenvalue weighted by Gasteiger charge is 2.12. The van der Waals surface area contributed by atoms with Crippen LogP contribution in [-0.2, 0) is 16.3 Å². The monoisotopic (exact) mass is 286 g/mol. The minimum atomic E-state index is -3.35. The van der Waals surface area contributed by atoms with E-state index in [1.807, 2.05) is 0 Å². The third-order valence-corrected chi connectivity index (χ3v) is 4.38. The number of nitrogens with one attached hydrogen (secondary N) is 1. The lowest BCUT2D eigenvalue weighted by Crippen LogP contribution is -2.44. The molecular formula is C13H19FN2O2S. The molecule has 19 heavy (non-hydrogen) atoms. The average molecular weight is 286 g/mol. The van der Waals surface area contributed by atoms with Crippen LogP contribution in [0, 0.1) is 5.82 Å². The van der Waals surface area contributed by atoms with Crippen LogP contribution in [0.25, 0.3) is 0 Å². The Morgan fingerprint density at radius 1 is 1.26 bits per heavy atom. The number of nitrogens with zero attached hydrogens (tertiary/aromatic N) is 1. The molecule has 0 radical (unpaired) electrons. The zero-order chi connectivity index (χ0) is 13.9. The Hall–Kier alpha value is -0.980. The summed E-state index contributed by atoms with van der Waals surface area (Å²) in [6.07, 6.45) is 1.77. The van der Waals surface area contributed by atoms with Gasteiger partial charge in [0.05, 0.1) is 4.90 Å². The Bertz CT molecular complexity index is 540. The van der Waals surface area contributed by atoms with Crippen molar-refractivity contribution in [3.63, 3.8) is 0 Å². The van der Waals surface area contributed by atoms with Crippen LogP contribution in [0.4, 0.5) is 4.39 Å². The molecule has 1 heterocycles. The zero-order valence-electron chi connectivity index (χ0n) is 11.0. The summed E-state index contributed by atoms with van der Waals surface area (Å²) in [4.78, 5) is 2.35. The maximum atomic E-state index is 13.4. The van der Waals surface area contributed by atoms with Gasteiger partial charge in [0.2, 0.25) is 0 Å². The lowest BCUT2D eigenvalue weighted by molar-refractivity contribution is 0.244. The molecular weight excluding hydrogens is 267 g/mol. The molecule has 0 bridgehead atoms. The van der Waals surface area contributed by atoms with Gasteiger partial charge in [0, 0.05) is 39.0 Å². The molecule has 6 heteroatoms. The van der Waals surface area contributed by atoms with Crippen LogP contribution in [0.15, 0.2) is 23.1 Å². The van der Waals surface area contributed by atoms with E-state index in [-0.39, 0.29) is 4.90 Å². The predicted octanol–water partition coefficient (Wildman–Crippen LogP) is 0.677. The molecule has 1 N–H and O–H groups in total. The summed E-state index contributed by atoms with van der Waals surface area (Å²) in [5.74, 6) is -0.488. The van der Waals surface area contributed by atoms with E-state index in [1.165, 1.54) is 6.07 Å². The van der Waals surface area contributed by atoms with Crippen molar-refractivity contribution in [2.75, 3.05) is 39.0 Å². The van der Waals surface area contributed by atoms with Crippen LogP contribution >= 0.6 is 0 Å². The van der Waals surface area contributed by atoms with Crippen molar-refractivity contribution < 1.29 is 12.8 Å². The van der Waals surface area contributed by atoms with Gasteiger partial charge in [-0.1, -0.05) is 0 Å². The van der Waals surface area contributed by atoms with E-state index in [0.717, 1.165) is 50.6 Å². The Kier molecular flexibility index (Phi) is 4.54. The smallest absolute Gasteiger partial charge is 0.175 e. The number of hydrogen-bond donors (Lipinski definition) is 1. The fourth-order valence-electron chi connectivity index (χ4n) is 2.20. The number of piperazine rings is 1. The maximum Gasteiger partial charge on any atom is 0.175 e. The Labute approximate surface area is 113 Å². The predicted molar refractivity (Wildman–Crippen MR) is 72.5 cm³/mol. The van der Waals surface area contributed by atoms with Crippen molar-refractivity contribution in [3.05, 3.63) is 29.6 Å². The summed E-state index contributed by atoms with van der Waals surface area (Å²) in [5, 5.41) is 3.27. The second kappa shape index (κ2) is 5.98. The number of hydrogen-bond acceptors (Lipinski definition) is 4. The summed E-state index contributed by atoms with van der Waals surface area (Å²) in [5.41, 5.74) is 0.735. The summed E-state index contributed by atoms with van der Waals surface area (Å²) < 4.78 is 36.4. The summed E-state index contributed by atoms with van der Waals surface area (Å²) in [6, 6.07) is 4.06. The number of halogens is 1. The minimum absolute atomic E-state index is 0.0582. The minimum Gasteiger partial charge on any atom is -0.314 e. The van der Waals surface area contributed by atoms with Gasteiger partial charge in [-0.3, -0.25) is 0 Å². The SMILES string of the molecule is CS(=O)(=O)c1cc(F)cc(CCN2CCNCC2)c1. The topological polar surface area (TPSA) is 49.4 Å². The van der Waals surface area contributed by atoms with Gasteiger partial charge in [-0.05, 0) is 30.2 Å². The molecule has 0 amide bonds. The molecule has 1 fully saturated rings. The van der Waals surface area contributed by atoms with Crippen LogP contribution in [0.5, 0.6) is 0 Å². The van der Waals surface area contributed by atoms with Crippen LogP contribution < -0.4 is 5.32 Å².